The summed E-state index contributed by atoms with van der Waals surface area (Å²) in [4.78, 5) is 23.8. The van der Waals surface area contributed by atoms with E-state index >= 15 is 0 Å². The summed E-state index contributed by atoms with van der Waals surface area (Å²) in [6.45, 7) is 2.26. The summed E-state index contributed by atoms with van der Waals surface area (Å²) in [6.07, 6.45) is 1.43. The average Bonchev–Trinajstić information content (AvgIpc) is 2.76. The van der Waals surface area contributed by atoms with Gasteiger partial charge < -0.3 is 10.1 Å². The number of amides is 2. The predicted molar refractivity (Wildman–Crippen MR) is 123 cm³/mol. The number of ether oxygens (including phenoxy) is 1. The largest absolute Gasteiger partial charge is 0.489 e. The molecule has 0 fully saturated rings. The number of hydrogen-bond acceptors (Lipinski definition) is 4. The van der Waals surface area contributed by atoms with Crippen LogP contribution < -0.4 is 15.5 Å². The van der Waals surface area contributed by atoms with Crippen molar-refractivity contribution >= 4 is 46.9 Å². The topological polar surface area (TPSA) is 79.8 Å². The first-order chi connectivity index (χ1) is 14.9. The second-order valence-corrected chi connectivity index (χ2v) is 7.45. The van der Waals surface area contributed by atoms with Crippen molar-refractivity contribution in [3.8, 4) is 5.75 Å². The van der Waals surface area contributed by atoms with Crippen molar-refractivity contribution in [1.29, 1.82) is 0 Å². The molecule has 0 aliphatic rings. The third-order valence-corrected chi connectivity index (χ3v) is 4.87. The van der Waals surface area contributed by atoms with Crippen LogP contribution in [0, 0.1) is 6.92 Å². The Balaban J connectivity index is 1.47. The zero-order chi connectivity index (χ0) is 22.2. The number of rotatable bonds is 6. The van der Waals surface area contributed by atoms with Gasteiger partial charge in [-0.2, -0.15) is 5.10 Å². The van der Waals surface area contributed by atoms with Crippen molar-refractivity contribution < 1.29 is 14.3 Å². The number of hydrogen-bond donors (Lipinski definition) is 2. The van der Waals surface area contributed by atoms with Crippen LogP contribution in [-0.4, -0.2) is 18.0 Å². The van der Waals surface area contributed by atoms with Crippen LogP contribution in [0.15, 0.2) is 71.8 Å². The summed E-state index contributed by atoms with van der Waals surface area (Å²) in [5.74, 6) is -1.05. The molecule has 3 aromatic rings. The van der Waals surface area contributed by atoms with Gasteiger partial charge >= 0.3 is 11.8 Å². The Morgan fingerprint density at radius 2 is 1.68 bits per heavy atom. The Hall–Kier alpha value is -3.35. The van der Waals surface area contributed by atoms with Crippen molar-refractivity contribution in [2.45, 2.75) is 13.5 Å². The van der Waals surface area contributed by atoms with Gasteiger partial charge in [-0.3, -0.25) is 9.59 Å². The molecule has 0 heterocycles. The van der Waals surface area contributed by atoms with Crippen LogP contribution in [0.3, 0.4) is 0 Å². The molecule has 2 N–H and O–H groups in total. The summed E-state index contributed by atoms with van der Waals surface area (Å²) in [5, 5.41) is 7.44. The summed E-state index contributed by atoms with van der Waals surface area (Å²) >= 11 is 11.9. The highest BCUT2D eigenvalue weighted by Crippen LogP contribution is 2.20. The summed E-state index contributed by atoms with van der Waals surface area (Å²) < 4.78 is 5.71. The lowest BCUT2D eigenvalue weighted by atomic mass is 10.2. The number of halogens is 2. The Bertz CT molecular complexity index is 1100. The molecule has 8 heteroatoms. The van der Waals surface area contributed by atoms with Crippen LogP contribution >= 0.6 is 23.2 Å². The molecule has 0 radical (unpaired) electrons. The van der Waals surface area contributed by atoms with Gasteiger partial charge in [0.1, 0.15) is 12.4 Å². The fourth-order valence-corrected chi connectivity index (χ4v) is 2.78. The van der Waals surface area contributed by atoms with Crippen LogP contribution in [0.2, 0.25) is 10.0 Å². The number of hydrazone groups is 1. The minimum atomic E-state index is -0.893. The number of benzene rings is 3. The van der Waals surface area contributed by atoms with Gasteiger partial charge in [-0.05, 0) is 72.1 Å². The lowest BCUT2D eigenvalue weighted by Crippen LogP contribution is -2.32. The molecule has 3 aromatic carbocycles. The van der Waals surface area contributed by atoms with E-state index in [0.717, 1.165) is 16.7 Å². The quantitative estimate of drug-likeness (QED) is 0.312. The van der Waals surface area contributed by atoms with Gasteiger partial charge in [0.2, 0.25) is 0 Å². The number of carbonyl (C=O) groups excluding carboxylic acids is 2. The maximum Gasteiger partial charge on any atom is 0.329 e. The van der Waals surface area contributed by atoms with Gasteiger partial charge in [0.05, 0.1) is 6.21 Å². The standard InChI is InChI=1S/C23H19Cl2N3O3/c1-15-2-9-19(12-21(15)25)27-22(29)23(30)28-26-13-16-5-10-20(11-6-16)31-14-17-3-7-18(24)8-4-17/h2-13H,14H2,1H3,(H,27,29)(H,28,30)/b26-13-. The third-order valence-electron chi connectivity index (χ3n) is 4.21. The van der Waals surface area contributed by atoms with Crippen molar-refractivity contribution in [1.82, 2.24) is 5.43 Å². The first kappa shape index (κ1) is 22.3. The second-order valence-electron chi connectivity index (χ2n) is 6.60. The normalized spacial score (nSPS) is 10.7. The fourth-order valence-electron chi connectivity index (χ4n) is 2.47. The average molecular weight is 456 g/mol. The first-order valence-corrected chi connectivity index (χ1v) is 10.0. The van der Waals surface area contributed by atoms with Crippen LogP contribution in [-0.2, 0) is 16.2 Å². The summed E-state index contributed by atoms with van der Waals surface area (Å²) in [7, 11) is 0. The van der Waals surface area contributed by atoms with E-state index in [9.17, 15) is 9.59 Å². The maximum absolute atomic E-state index is 11.9. The van der Waals surface area contributed by atoms with E-state index in [-0.39, 0.29) is 0 Å². The molecule has 2 amide bonds. The van der Waals surface area contributed by atoms with E-state index in [2.05, 4.69) is 15.8 Å². The fraction of sp³-hybridized carbons (Fsp3) is 0.0870. The molecule has 158 valence electrons. The predicted octanol–water partition coefficient (Wildman–Crippen LogP) is 4.97. The zero-order valence-corrected chi connectivity index (χ0v) is 18.1. The summed E-state index contributed by atoms with van der Waals surface area (Å²) in [5.41, 5.74) is 5.21. The molecule has 0 aliphatic carbocycles. The zero-order valence-electron chi connectivity index (χ0n) is 16.6. The van der Waals surface area contributed by atoms with E-state index < -0.39 is 11.8 Å². The molecule has 6 nitrogen and oxygen atoms in total. The summed E-state index contributed by atoms with van der Waals surface area (Å²) in [6, 6.07) is 19.5. The lowest BCUT2D eigenvalue weighted by Gasteiger charge is -2.07. The minimum Gasteiger partial charge on any atom is -0.489 e. The van der Waals surface area contributed by atoms with E-state index in [1.54, 1.807) is 42.5 Å². The molecule has 0 saturated carbocycles. The Kier molecular flexibility index (Phi) is 7.65. The highest BCUT2D eigenvalue weighted by molar-refractivity contribution is 6.39. The molecule has 0 spiro atoms. The molecular formula is C23H19Cl2N3O3. The molecule has 0 atom stereocenters. The molecule has 0 saturated heterocycles. The molecule has 0 unspecified atom stereocenters. The van der Waals surface area contributed by atoms with Gasteiger partial charge in [-0.25, -0.2) is 5.43 Å². The van der Waals surface area contributed by atoms with Gasteiger partial charge in [0, 0.05) is 15.7 Å². The highest BCUT2D eigenvalue weighted by Gasteiger charge is 2.13. The smallest absolute Gasteiger partial charge is 0.329 e. The molecule has 0 bridgehead atoms. The van der Waals surface area contributed by atoms with Crippen LogP contribution in [0.5, 0.6) is 5.75 Å². The van der Waals surface area contributed by atoms with E-state index in [4.69, 9.17) is 27.9 Å². The van der Waals surface area contributed by atoms with E-state index in [1.165, 1.54) is 6.21 Å². The van der Waals surface area contributed by atoms with E-state index in [1.807, 2.05) is 31.2 Å². The Morgan fingerprint density at radius 3 is 2.35 bits per heavy atom. The van der Waals surface area contributed by atoms with Crippen LogP contribution in [0.25, 0.3) is 0 Å². The Labute approximate surface area is 189 Å². The molecular weight excluding hydrogens is 437 g/mol. The van der Waals surface area contributed by atoms with Gasteiger partial charge in [0.15, 0.2) is 0 Å². The van der Waals surface area contributed by atoms with Crippen molar-refractivity contribution in [3.63, 3.8) is 0 Å². The number of carbonyl (C=O) groups is 2. The first-order valence-electron chi connectivity index (χ1n) is 9.28. The minimum absolute atomic E-state index is 0.419. The third kappa shape index (κ3) is 6.84. The van der Waals surface area contributed by atoms with Crippen molar-refractivity contribution in [3.05, 3.63) is 93.5 Å². The van der Waals surface area contributed by atoms with Gasteiger partial charge in [-0.1, -0.05) is 41.4 Å². The van der Waals surface area contributed by atoms with Gasteiger partial charge in [0.25, 0.3) is 0 Å². The van der Waals surface area contributed by atoms with Crippen molar-refractivity contribution in [2.75, 3.05) is 5.32 Å². The Morgan fingerprint density at radius 1 is 0.968 bits per heavy atom. The molecule has 0 aliphatic heterocycles. The monoisotopic (exact) mass is 455 g/mol. The van der Waals surface area contributed by atoms with Crippen LogP contribution in [0.4, 0.5) is 5.69 Å². The van der Waals surface area contributed by atoms with Crippen LogP contribution in [0.1, 0.15) is 16.7 Å². The lowest BCUT2D eigenvalue weighted by molar-refractivity contribution is -0.136. The SMILES string of the molecule is Cc1ccc(NC(=O)C(=O)N/N=C\c2ccc(OCc3ccc(Cl)cc3)cc2)cc1Cl. The molecule has 31 heavy (non-hydrogen) atoms. The number of anilines is 1. The number of nitrogens with one attached hydrogen (secondary N) is 2. The number of aryl methyl sites for hydroxylation is 1. The van der Waals surface area contributed by atoms with E-state index in [0.29, 0.717) is 28.1 Å². The highest BCUT2D eigenvalue weighted by atomic mass is 35.5. The maximum atomic E-state index is 11.9. The number of nitrogens with zero attached hydrogens (tertiary/aromatic N) is 1. The van der Waals surface area contributed by atoms with Crippen molar-refractivity contribution in [2.24, 2.45) is 5.10 Å². The van der Waals surface area contributed by atoms with Gasteiger partial charge in [-0.15, -0.1) is 0 Å². The molecule has 0 aromatic heterocycles. The second kappa shape index (κ2) is 10.6. The molecule has 3 rings (SSSR count).